The molecule has 4 rings (SSSR count). The Morgan fingerprint density at radius 3 is 3.20 bits per heavy atom. The zero-order chi connectivity index (χ0) is 13.7. The smallest absolute Gasteiger partial charge is 0.264 e. The van der Waals surface area contributed by atoms with E-state index >= 15 is 0 Å². The molecular formula is C14H11N3O2S. The number of aromatic nitrogens is 2. The normalized spacial score (nSPS) is 14.4. The quantitative estimate of drug-likeness (QED) is 0.690. The highest BCUT2D eigenvalue weighted by Gasteiger charge is 2.22. The van der Waals surface area contributed by atoms with Gasteiger partial charge >= 0.3 is 0 Å². The largest absolute Gasteiger partial charge is 0.482 e. The molecule has 1 aromatic carbocycles. The molecule has 0 saturated carbocycles. The minimum atomic E-state index is -0.0345. The number of anilines is 1. The van der Waals surface area contributed by atoms with E-state index in [9.17, 15) is 4.79 Å². The molecule has 100 valence electrons. The summed E-state index contributed by atoms with van der Waals surface area (Å²) >= 11 is 1.59. The topological polar surface area (TPSA) is 46.8 Å². The molecule has 0 unspecified atom stereocenters. The lowest BCUT2D eigenvalue weighted by Crippen LogP contribution is -2.35. The Balaban J connectivity index is 1.88. The van der Waals surface area contributed by atoms with E-state index in [1.54, 1.807) is 29.5 Å². The van der Waals surface area contributed by atoms with Gasteiger partial charge < -0.3 is 9.64 Å². The number of ether oxygens (including phenoxy) is 1. The maximum Gasteiger partial charge on any atom is 0.264 e. The Hall–Kier alpha value is -2.34. The zero-order valence-electron chi connectivity index (χ0n) is 10.7. The summed E-state index contributed by atoms with van der Waals surface area (Å²) in [6.45, 7) is 0.104. The lowest BCUT2D eigenvalue weighted by Gasteiger charge is -2.26. The number of amides is 1. The maximum absolute atomic E-state index is 11.7. The molecule has 0 atom stereocenters. The molecule has 0 spiro atoms. The Kier molecular flexibility index (Phi) is 2.34. The number of carbonyl (C=O) groups excluding carboxylic acids is 1. The summed E-state index contributed by atoms with van der Waals surface area (Å²) in [6, 6.07) is 5.89. The number of rotatable bonds is 1. The number of thiazole rings is 1. The van der Waals surface area contributed by atoms with Crippen LogP contribution < -0.4 is 9.64 Å². The van der Waals surface area contributed by atoms with Gasteiger partial charge in [0.2, 0.25) is 0 Å². The average Bonchev–Trinajstić information content (AvgIpc) is 3.05. The Morgan fingerprint density at radius 1 is 1.40 bits per heavy atom. The summed E-state index contributed by atoms with van der Waals surface area (Å²) in [5, 5.41) is 2.07. The molecule has 3 aromatic rings. The highest BCUT2D eigenvalue weighted by molar-refractivity contribution is 7.15. The number of hydrogen-bond acceptors (Lipinski definition) is 4. The minimum Gasteiger partial charge on any atom is -0.482 e. The van der Waals surface area contributed by atoms with Crippen molar-refractivity contribution in [3.63, 3.8) is 0 Å². The fourth-order valence-corrected chi connectivity index (χ4v) is 3.23. The van der Waals surface area contributed by atoms with E-state index in [-0.39, 0.29) is 12.5 Å². The number of carbonyl (C=O) groups is 1. The van der Waals surface area contributed by atoms with Gasteiger partial charge in [0.1, 0.15) is 5.75 Å². The zero-order valence-corrected chi connectivity index (χ0v) is 11.6. The van der Waals surface area contributed by atoms with Crippen LogP contribution >= 0.6 is 11.3 Å². The van der Waals surface area contributed by atoms with Crippen molar-refractivity contribution in [1.82, 2.24) is 9.38 Å². The number of nitrogens with zero attached hydrogens (tertiary/aromatic N) is 3. The molecule has 5 nitrogen and oxygen atoms in total. The van der Waals surface area contributed by atoms with E-state index in [0.717, 1.165) is 27.7 Å². The summed E-state index contributed by atoms with van der Waals surface area (Å²) in [5.41, 5.74) is 2.91. The summed E-state index contributed by atoms with van der Waals surface area (Å²) in [7, 11) is 1.77. The molecule has 6 heteroatoms. The van der Waals surface area contributed by atoms with Gasteiger partial charge in [-0.3, -0.25) is 9.20 Å². The fraction of sp³-hybridized carbons (Fsp3) is 0.143. The molecular weight excluding hydrogens is 274 g/mol. The van der Waals surface area contributed by atoms with Crippen LogP contribution in [0, 0.1) is 0 Å². The average molecular weight is 285 g/mol. The first-order valence-electron chi connectivity index (χ1n) is 6.18. The van der Waals surface area contributed by atoms with Crippen LogP contribution in [0.15, 0.2) is 36.0 Å². The van der Waals surface area contributed by atoms with Crippen molar-refractivity contribution in [2.75, 3.05) is 18.6 Å². The van der Waals surface area contributed by atoms with E-state index in [1.807, 2.05) is 28.8 Å². The fourth-order valence-electron chi connectivity index (χ4n) is 2.36. The Labute approximate surface area is 119 Å². The van der Waals surface area contributed by atoms with Crippen LogP contribution in [0.3, 0.4) is 0 Å². The van der Waals surface area contributed by atoms with Crippen molar-refractivity contribution in [2.45, 2.75) is 0 Å². The molecule has 1 aliphatic heterocycles. The number of imidazole rings is 1. The second-order valence-electron chi connectivity index (χ2n) is 4.62. The molecule has 0 N–H and O–H groups in total. The highest BCUT2D eigenvalue weighted by atomic mass is 32.1. The Morgan fingerprint density at radius 2 is 2.30 bits per heavy atom. The molecule has 1 amide bonds. The third-order valence-corrected chi connectivity index (χ3v) is 4.34. The first kappa shape index (κ1) is 11.5. The molecule has 0 fully saturated rings. The molecule has 3 heterocycles. The van der Waals surface area contributed by atoms with Gasteiger partial charge in [0.05, 0.1) is 11.4 Å². The van der Waals surface area contributed by atoms with Crippen LogP contribution in [0.5, 0.6) is 5.75 Å². The van der Waals surface area contributed by atoms with E-state index in [1.165, 1.54) is 0 Å². The van der Waals surface area contributed by atoms with Crippen molar-refractivity contribution in [2.24, 2.45) is 0 Å². The predicted octanol–water partition coefficient (Wildman–Crippen LogP) is 2.42. The van der Waals surface area contributed by atoms with E-state index in [0.29, 0.717) is 0 Å². The standard InChI is InChI=1S/C14H11N3O2S/c1-16-10-6-9(2-3-12(10)19-7-13(16)18)11-8-20-14-15-4-5-17(11)14/h2-6,8H,7H2,1H3. The molecule has 0 bridgehead atoms. The predicted molar refractivity (Wildman–Crippen MR) is 77.4 cm³/mol. The van der Waals surface area contributed by atoms with Crippen molar-refractivity contribution >= 4 is 27.9 Å². The van der Waals surface area contributed by atoms with E-state index in [4.69, 9.17) is 4.74 Å². The van der Waals surface area contributed by atoms with Crippen molar-refractivity contribution in [3.8, 4) is 17.0 Å². The van der Waals surface area contributed by atoms with Gasteiger partial charge in [-0.25, -0.2) is 4.98 Å². The number of benzene rings is 1. The number of fused-ring (bicyclic) bond motifs is 2. The number of hydrogen-bond donors (Lipinski definition) is 0. The monoisotopic (exact) mass is 285 g/mol. The second-order valence-corrected chi connectivity index (χ2v) is 5.46. The molecule has 20 heavy (non-hydrogen) atoms. The lowest BCUT2D eigenvalue weighted by atomic mass is 10.1. The third-order valence-electron chi connectivity index (χ3n) is 3.48. The van der Waals surface area contributed by atoms with Gasteiger partial charge in [-0.1, -0.05) is 0 Å². The van der Waals surface area contributed by atoms with Crippen molar-refractivity contribution < 1.29 is 9.53 Å². The SMILES string of the molecule is CN1C(=O)COc2ccc(-c3csc4nccn34)cc21. The summed E-state index contributed by atoms with van der Waals surface area (Å²) in [6.07, 6.45) is 3.72. The summed E-state index contributed by atoms with van der Waals surface area (Å²) in [5.74, 6) is 0.709. The van der Waals surface area contributed by atoms with Gasteiger partial charge in [0.25, 0.3) is 5.91 Å². The molecule has 0 aliphatic carbocycles. The van der Waals surface area contributed by atoms with Crippen molar-refractivity contribution in [3.05, 3.63) is 36.0 Å². The second kappa shape index (κ2) is 4.08. The van der Waals surface area contributed by atoms with Crippen LogP contribution in [-0.2, 0) is 4.79 Å². The van der Waals surface area contributed by atoms with Crippen LogP contribution in [0.2, 0.25) is 0 Å². The van der Waals surface area contributed by atoms with Gasteiger partial charge in [0.15, 0.2) is 11.6 Å². The van der Waals surface area contributed by atoms with Crippen LogP contribution in [0.4, 0.5) is 5.69 Å². The highest BCUT2D eigenvalue weighted by Crippen LogP contribution is 2.36. The number of likely N-dealkylation sites (N-methyl/N-ethyl adjacent to an activating group) is 1. The van der Waals surface area contributed by atoms with Gasteiger partial charge in [-0.2, -0.15) is 0 Å². The molecule has 0 saturated heterocycles. The molecule has 1 aliphatic rings. The lowest BCUT2D eigenvalue weighted by molar-refractivity contribution is -0.120. The van der Waals surface area contributed by atoms with Gasteiger partial charge in [-0.15, -0.1) is 11.3 Å². The molecule has 0 radical (unpaired) electrons. The van der Waals surface area contributed by atoms with E-state index in [2.05, 4.69) is 10.4 Å². The first-order chi connectivity index (χ1) is 9.74. The summed E-state index contributed by atoms with van der Waals surface area (Å²) in [4.78, 5) is 18.6. The first-order valence-corrected chi connectivity index (χ1v) is 7.06. The Bertz CT molecular complexity index is 821. The van der Waals surface area contributed by atoms with Crippen LogP contribution in [0.25, 0.3) is 16.2 Å². The minimum absolute atomic E-state index is 0.0345. The van der Waals surface area contributed by atoms with Crippen LogP contribution in [-0.4, -0.2) is 28.9 Å². The summed E-state index contributed by atoms with van der Waals surface area (Å²) < 4.78 is 7.48. The van der Waals surface area contributed by atoms with Gasteiger partial charge in [-0.05, 0) is 18.2 Å². The molecule has 2 aromatic heterocycles. The van der Waals surface area contributed by atoms with E-state index < -0.39 is 0 Å². The van der Waals surface area contributed by atoms with Gasteiger partial charge in [0, 0.05) is 30.4 Å². The van der Waals surface area contributed by atoms with Crippen LogP contribution in [0.1, 0.15) is 0 Å². The van der Waals surface area contributed by atoms with Crippen molar-refractivity contribution in [1.29, 1.82) is 0 Å². The maximum atomic E-state index is 11.7. The third kappa shape index (κ3) is 1.55.